The van der Waals surface area contributed by atoms with Crippen molar-refractivity contribution in [3.05, 3.63) is 71.7 Å². The molecule has 0 atom stereocenters. The fourth-order valence-electron chi connectivity index (χ4n) is 6.06. The third kappa shape index (κ3) is 9.35. The number of anilines is 1. The quantitative estimate of drug-likeness (QED) is 0.222. The second-order valence-electron chi connectivity index (χ2n) is 13.6. The number of benzene rings is 2. The summed E-state index contributed by atoms with van der Waals surface area (Å²) in [6, 6.07) is 14.9. The van der Waals surface area contributed by atoms with E-state index in [9.17, 15) is 14.3 Å². The molecule has 0 aliphatic carbocycles. The molecular weight excluding hydrogens is 609 g/mol. The van der Waals surface area contributed by atoms with Gasteiger partial charge in [0, 0.05) is 42.6 Å². The van der Waals surface area contributed by atoms with Crippen LogP contribution in [-0.4, -0.2) is 63.1 Å². The smallest absolute Gasteiger partial charge is 0.307 e. The van der Waals surface area contributed by atoms with E-state index in [1.807, 2.05) is 67.8 Å². The molecule has 5 heterocycles. The molecule has 2 aromatic carbocycles. The fourth-order valence-corrected chi connectivity index (χ4v) is 6.06. The maximum absolute atomic E-state index is 15.0. The van der Waals surface area contributed by atoms with Gasteiger partial charge in [0.05, 0.1) is 29.9 Å². The van der Waals surface area contributed by atoms with Crippen LogP contribution >= 0.6 is 0 Å². The largest absolute Gasteiger partial charge is 0.490 e. The molecule has 0 saturated carbocycles. The van der Waals surface area contributed by atoms with Crippen LogP contribution in [0.2, 0.25) is 0 Å². The van der Waals surface area contributed by atoms with E-state index in [-0.39, 0.29) is 23.6 Å². The van der Waals surface area contributed by atoms with E-state index in [1.165, 1.54) is 6.07 Å². The maximum Gasteiger partial charge on any atom is 0.307 e. The molecule has 0 amide bonds. The van der Waals surface area contributed by atoms with Gasteiger partial charge in [0.15, 0.2) is 11.6 Å². The zero-order valence-electron chi connectivity index (χ0n) is 29.6. The lowest BCUT2D eigenvalue weighted by atomic mass is 9.92. The molecule has 0 radical (unpaired) electrons. The summed E-state index contributed by atoms with van der Waals surface area (Å²) >= 11 is 0. The lowest BCUT2D eigenvalue weighted by molar-refractivity contribution is -0.136. The highest BCUT2D eigenvalue weighted by molar-refractivity contribution is 5.78. The van der Waals surface area contributed by atoms with Crippen LogP contribution < -0.4 is 9.64 Å². The van der Waals surface area contributed by atoms with E-state index in [2.05, 4.69) is 11.8 Å². The molecule has 48 heavy (non-hydrogen) atoms. The van der Waals surface area contributed by atoms with E-state index in [0.29, 0.717) is 18.8 Å². The van der Waals surface area contributed by atoms with Gasteiger partial charge in [-0.15, -0.1) is 0 Å². The summed E-state index contributed by atoms with van der Waals surface area (Å²) in [5, 5.41) is 18.3. The first-order chi connectivity index (χ1) is 22.8. The Morgan fingerprint density at radius 3 is 2.33 bits per heavy atom. The van der Waals surface area contributed by atoms with Crippen molar-refractivity contribution in [2.75, 3.05) is 31.2 Å². The van der Waals surface area contributed by atoms with Gasteiger partial charge in [-0.25, -0.2) is 9.37 Å². The van der Waals surface area contributed by atoms with Gasteiger partial charge in [-0.1, -0.05) is 44.2 Å². The first kappa shape index (κ1) is 36.9. The summed E-state index contributed by atoms with van der Waals surface area (Å²) in [6.07, 6.45) is 6.27. The number of pyridine rings is 1. The highest BCUT2D eigenvalue weighted by Crippen LogP contribution is 2.37. The molecule has 0 spiro atoms. The number of para-hydroxylation sites is 1. The summed E-state index contributed by atoms with van der Waals surface area (Å²) in [6.45, 7) is 16.0. The summed E-state index contributed by atoms with van der Waals surface area (Å²) in [5.41, 5.74) is 4.93. The Balaban J connectivity index is 0.000000682. The van der Waals surface area contributed by atoms with Crippen LogP contribution in [0.15, 0.2) is 54.7 Å². The number of carboxylic acids is 1. The second kappa shape index (κ2) is 16.0. The molecule has 3 aliphatic heterocycles. The number of hydrogen-bond donors (Lipinski definition) is 2. The molecule has 6 bridgehead atoms. The maximum atomic E-state index is 15.0. The zero-order valence-corrected chi connectivity index (χ0v) is 29.6. The number of hydrogen-bond acceptors (Lipinski definition) is 6. The van der Waals surface area contributed by atoms with Crippen molar-refractivity contribution in [1.29, 1.82) is 0 Å². The number of carbonyl (C=O) groups is 1. The molecule has 8 nitrogen and oxygen atoms in total. The number of aromatic nitrogens is 2. The Kier molecular flexibility index (Phi) is 12.3. The summed E-state index contributed by atoms with van der Waals surface area (Å²) in [7, 11) is 0. The predicted molar refractivity (Wildman–Crippen MR) is 191 cm³/mol. The summed E-state index contributed by atoms with van der Waals surface area (Å²) in [4.78, 5) is 19.2. The number of halogens is 1. The summed E-state index contributed by atoms with van der Waals surface area (Å²) < 4.78 is 29.4. The molecule has 2 aromatic heterocycles. The molecule has 2 N–H and O–H groups in total. The predicted octanol–water partition coefficient (Wildman–Crippen LogP) is 8.48. The molecular formula is C39H52FN3O5. The number of carboxylic acid groups (broad SMARTS) is 1. The number of rotatable bonds is 2. The molecule has 1 saturated heterocycles. The number of ether oxygens (including phenoxy) is 2. The molecule has 9 heteroatoms. The van der Waals surface area contributed by atoms with E-state index in [1.54, 1.807) is 26.8 Å². The van der Waals surface area contributed by atoms with Gasteiger partial charge >= 0.3 is 5.97 Å². The number of aryl methyl sites for hydroxylation is 1. The Morgan fingerprint density at radius 2 is 1.65 bits per heavy atom. The fraction of sp³-hybridized carbons (Fsp3) is 0.487. The van der Waals surface area contributed by atoms with Gasteiger partial charge in [-0.3, -0.25) is 9.20 Å². The van der Waals surface area contributed by atoms with Gasteiger partial charge < -0.3 is 24.6 Å². The van der Waals surface area contributed by atoms with E-state index < -0.39 is 11.6 Å². The normalized spacial score (nSPS) is 16.1. The van der Waals surface area contributed by atoms with Crippen molar-refractivity contribution in [2.45, 2.75) is 98.2 Å². The lowest BCUT2D eigenvalue weighted by Gasteiger charge is -2.41. The summed E-state index contributed by atoms with van der Waals surface area (Å²) in [5.74, 6) is -0.0922. The topological polar surface area (TPSA) is 96.5 Å². The van der Waals surface area contributed by atoms with Crippen molar-refractivity contribution in [1.82, 2.24) is 9.38 Å². The Hall–Kier alpha value is -3.95. The first-order valence-electron chi connectivity index (χ1n) is 17.2. The molecule has 1 fully saturated rings. The number of imidazole rings is 1. The molecule has 3 aliphatic rings. The second-order valence-corrected chi connectivity index (χ2v) is 13.6. The molecule has 260 valence electrons. The average Bonchev–Trinajstić information content (AvgIpc) is 3.45. The van der Waals surface area contributed by atoms with Crippen molar-refractivity contribution >= 4 is 17.4 Å². The number of aliphatic hydroxyl groups is 1. The average molecular weight is 662 g/mol. The first-order valence-corrected chi connectivity index (χ1v) is 17.2. The van der Waals surface area contributed by atoms with Crippen LogP contribution in [-0.2, 0) is 16.0 Å². The van der Waals surface area contributed by atoms with Crippen LogP contribution in [0.4, 0.5) is 10.2 Å². The molecule has 7 rings (SSSR count). The number of fused-ring (bicyclic) bond motifs is 8. The van der Waals surface area contributed by atoms with Crippen LogP contribution in [0.5, 0.6) is 5.75 Å². The standard InChI is InChI=1S/C33H36FN3O4.C4H10O.C2H6/c1-22-18-29-35-28-21-37(29)32(26(22)20-30(38)39)36-14-12-33(2,13-15-36)41-17-5-3-4-16-40-31-25(10-7-11-27(31)34)23-8-6-9-24(28)19-23;1-4(2,3)5;1-2/h6-11,18-19,21H,3-5,12-17,20H2,1-2H3,(H,38,39);5H,1-3H3;1-2H3. The van der Waals surface area contributed by atoms with Gasteiger partial charge in [0.25, 0.3) is 0 Å². The van der Waals surface area contributed by atoms with Gasteiger partial charge in [-0.2, -0.15) is 0 Å². The van der Waals surface area contributed by atoms with E-state index in [4.69, 9.17) is 19.6 Å². The Morgan fingerprint density at radius 1 is 1.00 bits per heavy atom. The Bertz CT molecular complexity index is 1680. The number of aliphatic carboxylic acids is 1. The third-order valence-electron chi connectivity index (χ3n) is 8.42. The van der Waals surface area contributed by atoms with Gasteiger partial charge in [0.2, 0.25) is 0 Å². The lowest BCUT2D eigenvalue weighted by Crippen LogP contribution is -2.45. The highest BCUT2D eigenvalue weighted by atomic mass is 19.1. The Labute approximate surface area is 284 Å². The monoisotopic (exact) mass is 661 g/mol. The molecule has 4 aromatic rings. The number of piperidine rings is 1. The number of nitrogens with zero attached hydrogens (tertiary/aromatic N) is 3. The van der Waals surface area contributed by atoms with Crippen molar-refractivity contribution in [2.24, 2.45) is 0 Å². The van der Waals surface area contributed by atoms with Crippen LogP contribution in [0, 0.1) is 12.7 Å². The third-order valence-corrected chi connectivity index (χ3v) is 8.42. The van der Waals surface area contributed by atoms with Crippen LogP contribution in [0.25, 0.3) is 28.0 Å². The highest BCUT2D eigenvalue weighted by Gasteiger charge is 2.33. The minimum Gasteiger partial charge on any atom is -0.490 e. The van der Waals surface area contributed by atoms with E-state index >= 15 is 0 Å². The minimum absolute atomic E-state index is 0.0628. The zero-order chi connectivity index (χ0) is 35.1. The minimum atomic E-state index is -0.860. The SMILES string of the molecule is CC.CC(C)(C)O.Cc1cc2nc3cn2c(c1CC(=O)O)N1CCC(C)(CC1)OCCCCCOc1c(F)cccc1-c1cccc-3c1. The van der Waals surface area contributed by atoms with Crippen molar-refractivity contribution in [3.8, 4) is 28.1 Å². The van der Waals surface area contributed by atoms with Crippen molar-refractivity contribution in [3.63, 3.8) is 0 Å². The van der Waals surface area contributed by atoms with Gasteiger partial charge in [-0.05, 0) is 96.0 Å². The van der Waals surface area contributed by atoms with Crippen LogP contribution in [0.1, 0.15) is 84.8 Å². The van der Waals surface area contributed by atoms with Crippen LogP contribution in [0.3, 0.4) is 0 Å². The molecule has 0 unspecified atom stereocenters. The van der Waals surface area contributed by atoms with Crippen molar-refractivity contribution < 1.29 is 28.9 Å². The van der Waals surface area contributed by atoms with Gasteiger partial charge in [0.1, 0.15) is 11.5 Å². The van der Waals surface area contributed by atoms with E-state index in [0.717, 1.165) is 84.6 Å².